The quantitative estimate of drug-likeness (QED) is 0.673. The number of aromatic nitrogens is 1. The van der Waals surface area contributed by atoms with E-state index in [-0.39, 0.29) is 18.3 Å². The van der Waals surface area contributed by atoms with Crippen LogP contribution in [0.3, 0.4) is 0 Å². The molecule has 4 heteroatoms. The van der Waals surface area contributed by atoms with Crippen molar-refractivity contribution in [1.29, 1.82) is 0 Å². The summed E-state index contributed by atoms with van der Waals surface area (Å²) in [5.74, 6) is 0.452. The standard InChI is InChI=1S/C20H30BNO2/c1-6-17(21-23-19(2,3)20(4,5)24-21)11-9-14-22-15-13-16-10-7-8-12-18(16)22/h7-8,10,12-13,15,17H,6,9,11,14H2,1-5H3. The molecule has 130 valence electrons. The van der Waals surface area contributed by atoms with Gasteiger partial charge in [0.05, 0.1) is 11.2 Å². The Morgan fingerprint density at radius 1 is 1.04 bits per heavy atom. The molecule has 0 radical (unpaired) electrons. The van der Waals surface area contributed by atoms with Crippen LogP contribution in [-0.2, 0) is 15.9 Å². The summed E-state index contributed by atoms with van der Waals surface area (Å²) in [5, 5.41) is 1.32. The van der Waals surface area contributed by atoms with Crippen LogP contribution in [-0.4, -0.2) is 22.9 Å². The Morgan fingerprint density at radius 3 is 2.38 bits per heavy atom. The van der Waals surface area contributed by atoms with Crippen molar-refractivity contribution >= 4 is 18.0 Å². The van der Waals surface area contributed by atoms with Crippen molar-refractivity contribution < 1.29 is 9.31 Å². The van der Waals surface area contributed by atoms with E-state index >= 15 is 0 Å². The van der Waals surface area contributed by atoms with E-state index in [1.54, 1.807) is 0 Å². The van der Waals surface area contributed by atoms with Gasteiger partial charge in [-0.25, -0.2) is 0 Å². The Morgan fingerprint density at radius 2 is 1.71 bits per heavy atom. The lowest BCUT2D eigenvalue weighted by molar-refractivity contribution is 0.00578. The molecule has 1 aliphatic heterocycles. The molecule has 0 N–H and O–H groups in total. The summed E-state index contributed by atoms with van der Waals surface area (Å²) in [5.41, 5.74) is 0.852. The fraction of sp³-hybridized carbons (Fsp3) is 0.600. The van der Waals surface area contributed by atoms with Gasteiger partial charge in [-0.3, -0.25) is 0 Å². The molecule has 1 atom stereocenters. The van der Waals surface area contributed by atoms with Crippen molar-refractivity contribution in [3.63, 3.8) is 0 Å². The Balaban J connectivity index is 1.59. The molecule has 0 aliphatic carbocycles. The van der Waals surface area contributed by atoms with Crippen molar-refractivity contribution in [3.05, 3.63) is 36.5 Å². The molecule has 1 saturated heterocycles. The van der Waals surface area contributed by atoms with Crippen molar-refractivity contribution in [3.8, 4) is 0 Å². The van der Waals surface area contributed by atoms with Gasteiger partial charge in [0.1, 0.15) is 0 Å². The maximum atomic E-state index is 6.25. The summed E-state index contributed by atoms with van der Waals surface area (Å²) in [4.78, 5) is 0. The Bertz CT molecular complexity index is 676. The van der Waals surface area contributed by atoms with Crippen LogP contribution in [0.4, 0.5) is 0 Å². The third-order valence-electron chi connectivity index (χ3n) is 5.83. The summed E-state index contributed by atoms with van der Waals surface area (Å²) in [7, 11) is -0.0820. The molecule has 1 aromatic heterocycles. The zero-order valence-electron chi connectivity index (χ0n) is 15.7. The van der Waals surface area contributed by atoms with Crippen LogP contribution in [0.1, 0.15) is 53.9 Å². The molecule has 0 spiro atoms. The second kappa shape index (κ2) is 6.57. The fourth-order valence-electron chi connectivity index (χ4n) is 3.47. The number of aryl methyl sites for hydroxylation is 1. The highest BCUT2D eigenvalue weighted by Gasteiger charge is 2.53. The van der Waals surface area contributed by atoms with Crippen LogP contribution in [0.5, 0.6) is 0 Å². The minimum absolute atomic E-state index is 0.0820. The number of nitrogens with zero attached hydrogens (tertiary/aromatic N) is 1. The van der Waals surface area contributed by atoms with Crippen LogP contribution in [0.15, 0.2) is 36.5 Å². The maximum Gasteiger partial charge on any atom is 0.461 e. The summed E-state index contributed by atoms with van der Waals surface area (Å²) in [6.07, 6.45) is 5.55. The monoisotopic (exact) mass is 327 g/mol. The number of hydrogen-bond donors (Lipinski definition) is 0. The first kappa shape index (κ1) is 17.6. The van der Waals surface area contributed by atoms with Gasteiger partial charge in [0.15, 0.2) is 0 Å². The van der Waals surface area contributed by atoms with Gasteiger partial charge >= 0.3 is 7.12 Å². The minimum atomic E-state index is -0.234. The van der Waals surface area contributed by atoms with Crippen LogP contribution in [0.2, 0.25) is 5.82 Å². The van der Waals surface area contributed by atoms with Gasteiger partial charge in [0, 0.05) is 18.3 Å². The topological polar surface area (TPSA) is 23.4 Å². The molecular formula is C20H30BNO2. The van der Waals surface area contributed by atoms with Gasteiger partial charge in [0.25, 0.3) is 0 Å². The molecule has 3 rings (SSSR count). The molecule has 2 aromatic rings. The van der Waals surface area contributed by atoms with Gasteiger partial charge in [-0.2, -0.15) is 0 Å². The van der Waals surface area contributed by atoms with E-state index in [1.807, 2.05) is 0 Å². The largest absolute Gasteiger partial charge is 0.461 e. The van der Waals surface area contributed by atoms with Crippen LogP contribution in [0, 0.1) is 0 Å². The van der Waals surface area contributed by atoms with Crippen molar-refractivity contribution in [2.75, 3.05) is 0 Å². The van der Waals surface area contributed by atoms with Crippen LogP contribution in [0.25, 0.3) is 10.9 Å². The summed E-state index contributed by atoms with van der Waals surface area (Å²) >= 11 is 0. The molecule has 24 heavy (non-hydrogen) atoms. The first-order valence-corrected chi connectivity index (χ1v) is 9.23. The second-order valence-electron chi connectivity index (χ2n) is 8.00. The lowest BCUT2D eigenvalue weighted by atomic mass is 9.68. The van der Waals surface area contributed by atoms with E-state index in [1.165, 1.54) is 10.9 Å². The Hall–Kier alpha value is -1.26. The SMILES string of the molecule is CCC(CCCn1ccc2ccccc21)B1OC(C)(C)C(C)(C)O1. The highest BCUT2D eigenvalue weighted by molar-refractivity contribution is 6.47. The van der Waals surface area contributed by atoms with Gasteiger partial charge in [-0.1, -0.05) is 38.0 Å². The van der Waals surface area contributed by atoms with E-state index < -0.39 is 0 Å². The van der Waals surface area contributed by atoms with E-state index in [0.29, 0.717) is 5.82 Å². The summed E-state index contributed by atoms with van der Waals surface area (Å²) < 4.78 is 14.8. The number of hydrogen-bond acceptors (Lipinski definition) is 2. The highest BCUT2D eigenvalue weighted by Crippen LogP contribution is 2.41. The number of rotatable bonds is 6. The van der Waals surface area contributed by atoms with Gasteiger partial charge in [0.2, 0.25) is 0 Å². The van der Waals surface area contributed by atoms with Crippen LogP contribution < -0.4 is 0 Å². The van der Waals surface area contributed by atoms with Crippen molar-refractivity contribution in [2.24, 2.45) is 0 Å². The molecule has 3 nitrogen and oxygen atoms in total. The van der Waals surface area contributed by atoms with E-state index in [0.717, 1.165) is 25.8 Å². The van der Waals surface area contributed by atoms with Crippen LogP contribution >= 0.6 is 0 Å². The normalized spacial score (nSPS) is 20.6. The third-order valence-corrected chi connectivity index (χ3v) is 5.83. The molecule has 1 aromatic carbocycles. The lowest BCUT2D eigenvalue weighted by Gasteiger charge is -2.32. The average molecular weight is 327 g/mol. The molecular weight excluding hydrogens is 297 g/mol. The molecule has 0 amide bonds. The number of fused-ring (bicyclic) bond motifs is 1. The average Bonchev–Trinajstić information content (AvgIpc) is 3.02. The van der Waals surface area contributed by atoms with Crippen molar-refractivity contribution in [1.82, 2.24) is 4.57 Å². The Kier molecular flexibility index (Phi) is 4.81. The molecule has 0 saturated carbocycles. The second-order valence-corrected chi connectivity index (χ2v) is 8.00. The van der Waals surface area contributed by atoms with Gasteiger partial charge in [-0.05, 0) is 57.5 Å². The zero-order valence-corrected chi connectivity index (χ0v) is 15.7. The molecule has 1 fully saturated rings. The van der Waals surface area contributed by atoms with Crippen molar-refractivity contribution in [2.45, 2.75) is 77.4 Å². The van der Waals surface area contributed by atoms with E-state index in [4.69, 9.17) is 9.31 Å². The van der Waals surface area contributed by atoms with Gasteiger partial charge < -0.3 is 13.9 Å². The summed E-state index contributed by atoms with van der Waals surface area (Å²) in [6.45, 7) is 11.8. The van der Waals surface area contributed by atoms with E-state index in [2.05, 4.69) is 75.7 Å². The van der Waals surface area contributed by atoms with Gasteiger partial charge in [-0.15, -0.1) is 0 Å². The predicted molar refractivity (Wildman–Crippen MR) is 101 cm³/mol. The minimum Gasteiger partial charge on any atom is -0.403 e. The number of benzene rings is 1. The van der Waals surface area contributed by atoms with E-state index in [9.17, 15) is 0 Å². The Labute approximate surface area is 146 Å². The third kappa shape index (κ3) is 3.27. The zero-order chi connectivity index (χ0) is 17.4. The smallest absolute Gasteiger partial charge is 0.403 e. The molecule has 1 unspecified atom stereocenters. The highest BCUT2D eigenvalue weighted by atomic mass is 16.7. The lowest BCUT2D eigenvalue weighted by Crippen LogP contribution is -2.41. The number of para-hydroxylation sites is 1. The fourth-order valence-corrected chi connectivity index (χ4v) is 3.47. The first-order valence-electron chi connectivity index (χ1n) is 9.23. The molecule has 1 aliphatic rings. The predicted octanol–water partition coefficient (Wildman–Crippen LogP) is 5.29. The maximum absolute atomic E-state index is 6.25. The molecule has 2 heterocycles. The first-order chi connectivity index (χ1) is 11.3. The molecule has 0 bridgehead atoms. The summed E-state index contributed by atoms with van der Waals surface area (Å²) in [6, 6.07) is 10.8.